The molecule has 7 heteroatoms. The second-order valence-corrected chi connectivity index (χ2v) is 7.75. The highest BCUT2D eigenvalue weighted by Gasteiger charge is 2.31. The zero-order valence-corrected chi connectivity index (χ0v) is 15.6. The maximum atomic E-state index is 13.3. The summed E-state index contributed by atoms with van der Waals surface area (Å²) in [6.45, 7) is 4.23. The van der Waals surface area contributed by atoms with Crippen molar-refractivity contribution in [3.05, 3.63) is 65.1 Å². The van der Waals surface area contributed by atoms with Gasteiger partial charge in [0, 0.05) is 5.56 Å². The van der Waals surface area contributed by atoms with Crippen molar-refractivity contribution in [3.63, 3.8) is 0 Å². The monoisotopic (exact) mass is 381 g/mol. The molecule has 2 aliphatic heterocycles. The zero-order valence-electron chi connectivity index (χ0n) is 14.8. The third-order valence-electron chi connectivity index (χ3n) is 4.67. The molecule has 27 heavy (non-hydrogen) atoms. The van der Waals surface area contributed by atoms with Crippen molar-refractivity contribution in [1.82, 2.24) is 9.78 Å². The fraction of sp³-hybridized carbons (Fsp3) is 0.200. The fourth-order valence-electron chi connectivity index (χ4n) is 3.42. The quantitative estimate of drug-likeness (QED) is 0.631. The van der Waals surface area contributed by atoms with Crippen LogP contribution < -0.4 is 9.47 Å². The van der Waals surface area contributed by atoms with E-state index in [1.54, 1.807) is 28.6 Å². The van der Waals surface area contributed by atoms with Crippen LogP contribution in [0.2, 0.25) is 0 Å². The average molecular weight is 381 g/mol. The van der Waals surface area contributed by atoms with Crippen LogP contribution in [0, 0.1) is 12.7 Å². The molecule has 3 heterocycles. The molecule has 1 atom stereocenters. The molecule has 2 aromatic carbocycles. The third kappa shape index (κ3) is 2.70. The number of aromatic nitrogens is 2. The summed E-state index contributed by atoms with van der Waals surface area (Å²) in [5.41, 5.74) is 3.87. The van der Waals surface area contributed by atoms with E-state index in [-0.39, 0.29) is 17.9 Å². The van der Waals surface area contributed by atoms with E-state index in [0.717, 1.165) is 44.9 Å². The summed E-state index contributed by atoms with van der Waals surface area (Å²) in [7, 11) is 0. The molecule has 0 amide bonds. The summed E-state index contributed by atoms with van der Waals surface area (Å²) >= 11 is 1.69. The van der Waals surface area contributed by atoms with Gasteiger partial charge >= 0.3 is 0 Å². The molecule has 136 valence electrons. The predicted octanol–water partition coefficient (Wildman–Crippen LogP) is 4.93. The van der Waals surface area contributed by atoms with Gasteiger partial charge in [-0.2, -0.15) is 5.10 Å². The lowest BCUT2D eigenvalue weighted by Crippen LogP contribution is -2.06. The van der Waals surface area contributed by atoms with Crippen LogP contribution in [0.1, 0.15) is 29.0 Å². The molecular weight excluding hydrogens is 365 g/mol. The number of thioether (sulfide) groups is 1. The van der Waals surface area contributed by atoms with Crippen molar-refractivity contribution in [3.8, 4) is 17.2 Å². The van der Waals surface area contributed by atoms with Gasteiger partial charge in [-0.15, -0.1) is 0 Å². The second kappa shape index (κ2) is 6.13. The number of rotatable bonds is 2. The van der Waals surface area contributed by atoms with E-state index in [9.17, 15) is 4.39 Å². The summed E-state index contributed by atoms with van der Waals surface area (Å²) in [4.78, 5) is 4.74. The van der Waals surface area contributed by atoms with Crippen LogP contribution in [0.25, 0.3) is 5.69 Å². The van der Waals surface area contributed by atoms with Crippen LogP contribution in [-0.4, -0.2) is 21.6 Å². The molecule has 0 bridgehead atoms. The molecule has 0 radical (unpaired) electrons. The van der Waals surface area contributed by atoms with E-state index in [1.165, 1.54) is 12.1 Å². The van der Waals surface area contributed by atoms with Crippen molar-refractivity contribution in [2.24, 2.45) is 4.99 Å². The molecule has 0 saturated heterocycles. The molecule has 1 aromatic heterocycles. The Morgan fingerprint density at radius 2 is 1.85 bits per heavy atom. The summed E-state index contributed by atoms with van der Waals surface area (Å²) in [6.07, 6.45) is 0. The molecule has 0 saturated carbocycles. The van der Waals surface area contributed by atoms with E-state index in [2.05, 4.69) is 6.07 Å². The van der Waals surface area contributed by atoms with Gasteiger partial charge in [0.15, 0.2) is 17.3 Å². The second-order valence-electron chi connectivity index (χ2n) is 6.45. The van der Waals surface area contributed by atoms with Gasteiger partial charge in [0.25, 0.3) is 0 Å². The topological polar surface area (TPSA) is 48.6 Å². The average Bonchev–Trinajstić information content (AvgIpc) is 3.26. The molecule has 0 unspecified atom stereocenters. The van der Waals surface area contributed by atoms with Crippen molar-refractivity contribution in [2.45, 2.75) is 19.1 Å². The lowest BCUT2D eigenvalue weighted by Gasteiger charge is -2.22. The standard InChI is InChI=1S/C20H16FN3O2S/c1-11-18-19(13-3-8-16-17(9-13)26-10-25-16)27-12(2)22-20(18)24(23-11)15-6-4-14(21)5-7-15/h3-9,19H,10H2,1-2H3/t19-/m0/s1. The van der Waals surface area contributed by atoms with Crippen LogP contribution >= 0.6 is 11.8 Å². The normalized spacial score (nSPS) is 17.6. The fourth-order valence-corrected chi connectivity index (χ4v) is 4.58. The van der Waals surface area contributed by atoms with E-state index >= 15 is 0 Å². The maximum Gasteiger partial charge on any atom is 0.231 e. The van der Waals surface area contributed by atoms with Gasteiger partial charge in [0.05, 0.1) is 21.7 Å². The van der Waals surface area contributed by atoms with Gasteiger partial charge < -0.3 is 9.47 Å². The molecule has 2 aliphatic rings. The highest BCUT2D eigenvalue weighted by atomic mass is 32.2. The summed E-state index contributed by atoms with van der Waals surface area (Å²) in [6, 6.07) is 12.3. The maximum absolute atomic E-state index is 13.3. The largest absolute Gasteiger partial charge is 0.454 e. The van der Waals surface area contributed by atoms with Gasteiger partial charge in [0.1, 0.15) is 5.82 Å². The summed E-state index contributed by atoms with van der Waals surface area (Å²) in [5, 5.41) is 5.70. The number of hydrogen-bond acceptors (Lipinski definition) is 5. The van der Waals surface area contributed by atoms with Gasteiger partial charge in [-0.05, 0) is 55.8 Å². The molecule has 5 nitrogen and oxygen atoms in total. The minimum atomic E-state index is -0.273. The predicted molar refractivity (Wildman–Crippen MR) is 103 cm³/mol. The number of nitrogens with zero attached hydrogens (tertiary/aromatic N) is 3. The number of aliphatic imine (C=N–C) groups is 1. The molecular formula is C20H16FN3O2S. The SMILES string of the molecule is CC1=Nc2c(c(C)nn2-c2ccc(F)cc2)[C@H](c2ccc3c(c2)OCO3)S1. The Morgan fingerprint density at radius 1 is 1.07 bits per heavy atom. The van der Waals surface area contributed by atoms with Crippen LogP contribution in [0.3, 0.4) is 0 Å². The number of fused-ring (bicyclic) bond motifs is 2. The molecule has 3 aromatic rings. The Labute approximate surface area is 159 Å². The molecule has 5 rings (SSSR count). The zero-order chi connectivity index (χ0) is 18.5. The Balaban J connectivity index is 1.64. The molecule has 0 spiro atoms. The number of benzene rings is 2. The molecule has 0 fully saturated rings. The van der Waals surface area contributed by atoms with E-state index in [4.69, 9.17) is 19.6 Å². The minimum Gasteiger partial charge on any atom is -0.454 e. The number of ether oxygens (including phenoxy) is 2. The van der Waals surface area contributed by atoms with Crippen LogP contribution in [0.5, 0.6) is 11.5 Å². The van der Waals surface area contributed by atoms with Gasteiger partial charge in [-0.1, -0.05) is 17.8 Å². The van der Waals surface area contributed by atoms with E-state index in [1.807, 2.05) is 26.0 Å². The smallest absolute Gasteiger partial charge is 0.231 e. The highest BCUT2D eigenvalue weighted by Crippen LogP contribution is 2.49. The first-order valence-electron chi connectivity index (χ1n) is 8.57. The molecule has 0 N–H and O–H groups in total. The first-order chi connectivity index (χ1) is 13.1. The molecule has 0 aliphatic carbocycles. The minimum absolute atomic E-state index is 0.0567. The van der Waals surface area contributed by atoms with Crippen LogP contribution in [0.15, 0.2) is 47.5 Å². The van der Waals surface area contributed by atoms with E-state index < -0.39 is 0 Å². The Kier molecular flexibility index (Phi) is 3.72. The number of aryl methyl sites for hydroxylation is 1. The lowest BCUT2D eigenvalue weighted by molar-refractivity contribution is 0.174. The van der Waals surface area contributed by atoms with Crippen LogP contribution in [-0.2, 0) is 0 Å². The summed E-state index contributed by atoms with van der Waals surface area (Å²) < 4.78 is 26.1. The van der Waals surface area contributed by atoms with Gasteiger partial charge in [-0.25, -0.2) is 14.1 Å². The van der Waals surface area contributed by atoms with Crippen molar-refractivity contribution >= 4 is 22.6 Å². The van der Waals surface area contributed by atoms with Crippen molar-refractivity contribution in [2.75, 3.05) is 6.79 Å². The Morgan fingerprint density at radius 3 is 2.67 bits per heavy atom. The Hall–Kier alpha value is -2.80. The highest BCUT2D eigenvalue weighted by molar-refractivity contribution is 8.14. The first-order valence-corrected chi connectivity index (χ1v) is 9.45. The number of halogens is 1. The number of hydrogen-bond donors (Lipinski definition) is 0. The Bertz CT molecular complexity index is 1080. The van der Waals surface area contributed by atoms with Crippen LogP contribution in [0.4, 0.5) is 10.2 Å². The van der Waals surface area contributed by atoms with Gasteiger partial charge in [-0.3, -0.25) is 0 Å². The lowest BCUT2D eigenvalue weighted by atomic mass is 10.0. The van der Waals surface area contributed by atoms with Crippen molar-refractivity contribution in [1.29, 1.82) is 0 Å². The van der Waals surface area contributed by atoms with E-state index in [0.29, 0.717) is 0 Å². The third-order valence-corrected chi connectivity index (χ3v) is 5.84. The summed E-state index contributed by atoms with van der Waals surface area (Å²) in [5.74, 6) is 2.05. The van der Waals surface area contributed by atoms with Gasteiger partial charge in [0.2, 0.25) is 6.79 Å². The van der Waals surface area contributed by atoms with Crippen molar-refractivity contribution < 1.29 is 13.9 Å². The first kappa shape index (κ1) is 16.4.